The summed E-state index contributed by atoms with van der Waals surface area (Å²) in [7, 11) is 1.67. The fourth-order valence-electron chi connectivity index (χ4n) is 4.28. The van der Waals surface area contributed by atoms with Gasteiger partial charge < -0.3 is 14.7 Å². The molecule has 3 aromatic carbocycles. The highest BCUT2D eigenvalue weighted by Gasteiger charge is 2.29. The van der Waals surface area contributed by atoms with Crippen LogP contribution in [0.4, 0.5) is 15.8 Å². The van der Waals surface area contributed by atoms with Crippen molar-refractivity contribution in [1.82, 2.24) is 4.90 Å². The minimum absolute atomic E-state index is 0.0583. The molecule has 0 spiro atoms. The van der Waals surface area contributed by atoms with Crippen LogP contribution in [0.15, 0.2) is 76.5 Å². The second-order valence-electron chi connectivity index (χ2n) is 8.44. The molecular weight excluding hydrogens is 485 g/mol. The van der Waals surface area contributed by atoms with Crippen LogP contribution >= 0.6 is 23.4 Å². The zero-order chi connectivity index (χ0) is 24.5. The van der Waals surface area contributed by atoms with Crippen molar-refractivity contribution in [2.45, 2.75) is 4.90 Å². The van der Waals surface area contributed by atoms with E-state index in [0.29, 0.717) is 39.8 Å². The molecule has 0 N–H and O–H groups in total. The number of carbonyl (C=O) groups is 2. The number of likely N-dealkylation sites (N-methyl/N-ethyl adjacent to an activating group) is 1. The van der Waals surface area contributed by atoms with Gasteiger partial charge in [0.2, 0.25) is 0 Å². The smallest absolute Gasteiger partial charge is 0.264 e. The van der Waals surface area contributed by atoms with E-state index in [-0.39, 0.29) is 17.6 Å². The molecule has 5 nitrogen and oxygen atoms in total. The van der Waals surface area contributed by atoms with Crippen LogP contribution < -0.4 is 9.80 Å². The first-order valence-corrected chi connectivity index (χ1v) is 12.5. The summed E-state index contributed by atoms with van der Waals surface area (Å²) in [5.74, 6) is -0.666. The van der Waals surface area contributed by atoms with Gasteiger partial charge in [-0.2, -0.15) is 0 Å². The first kappa shape index (κ1) is 23.5. The molecule has 8 heteroatoms. The average Bonchev–Trinajstić information content (AvgIpc) is 2.88. The second kappa shape index (κ2) is 9.76. The highest BCUT2D eigenvalue weighted by Crippen LogP contribution is 2.42. The van der Waals surface area contributed by atoms with Gasteiger partial charge in [-0.25, -0.2) is 4.39 Å². The Labute approximate surface area is 212 Å². The standard InChI is InChI=1S/C27H23ClFN3O2S/c1-30-23-15-19(26(33)32-13-11-31(12-14-32)21-7-4-6-20(28)17-21)9-10-24(23)35-25(27(30)34)16-18-5-2-3-8-22(18)29/h2-10,15-17H,11-14H2,1H3/b25-16-. The van der Waals surface area contributed by atoms with E-state index in [1.807, 2.05) is 35.2 Å². The van der Waals surface area contributed by atoms with E-state index >= 15 is 0 Å². The van der Waals surface area contributed by atoms with E-state index < -0.39 is 0 Å². The number of halogens is 2. The maximum absolute atomic E-state index is 14.1. The molecule has 0 aliphatic carbocycles. The summed E-state index contributed by atoms with van der Waals surface area (Å²) in [6.07, 6.45) is 1.57. The third-order valence-corrected chi connectivity index (χ3v) is 7.55. The van der Waals surface area contributed by atoms with Crippen LogP contribution in [-0.2, 0) is 4.79 Å². The van der Waals surface area contributed by atoms with Gasteiger partial charge in [-0.05, 0) is 48.5 Å². The molecule has 178 valence electrons. The lowest BCUT2D eigenvalue weighted by atomic mass is 10.1. The van der Waals surface area contributed by atoms with Gasteiger partial charge in [-0.15, -0.1) is 0 Å². The maximum atomic E-state index is 14.1. The molecule has 0 saturated carbocycles. The largest absolute Gasteiger partial charge is 0.368 e. The second-order valence-corrected chi connectivity index (χ2v) is 9.96. The predicted molar refractivity (Wildman–Crippen MR) is 140 cm³/mol. The lowest BCUT2D eigenvalue weighted by Gasteiger charge is -2.36. The van der Waals surface area contributed by atoms with Crippen LogP contribution in [0.2, 0.25) is 5.02 Å². The lowest BCUT2D eigenvalue weighted by molar-refractivity contribution is -0.114. The summed E-state index contributed by atoms with van der Waals surface area (Å²) in [6, 6.07) is 19.5. The molecule has 3 aromatic rings. The number of fused-ring (bicyclic) bond motifs is 1. The van der Waals surface area contributed by atoms with Crippen molar-refractivity contribution in [3.05, 3.63) is 93.6 Å². The molecule has 1 fully saturated rings. The summed E-state index contributed by atoms with van der Waals surface area (Å²) in [6.45, 7) is 2.63. The number of thioether (sulfide) groups is 1. The summed E-state index contributed by atoms with van der Waals surface area (Å²) in [5, 5.41) is 0.693. The third kappa shape index (κ3) is 4.79. The summed E-state index contributed by atoms with van der Waals surface area (Å²) < 4.78 is 14.1. The number of hydrogen-bond donors (Lipinski definition) is 0. The lowest BCUT2D eigenvalue weighted by Crippen LogP contribution is -2.48. The number of nitrogens with zero attached hydrogens (tertiary/aromatic N) is 3. The first-order valence-electron chi connectivity index (χ1n) is 11.3. The molecule has 0 aromatic heterocycles. The van der Waals surface area contributed by atoms with E-state index in [4.69, 9.17) is 11.6 Å². The fraction of sp³-hybridized carbons (Fsp3) is 0.185. The molecule has 35 heavy (non-hydrogen) atoms. The van der Waals surface area contributed by atoms with Crippen molar-refractivity contribution in [1.29, 1.82) is 0 Å². The van der Waals surface area contributed by atoms with Crippen LogP contribution in [0.25, 0.3) is 6.08 Å². The minimum Gasteiger partial charge on any atom is -0.368 e. The molecule has 0 radical (unpaired) electrons. The SMILES string of the molecule is CN1C(=O)/C(=C/c2ccccc2F)Sc2ccc(C(=O)N3CCN(c4cccc(Cl)c4)CC3)cc21. The molecule has 2 amide bonds. The van der Waals surface area contributed by atoms with Gasteiger partial charge in [0, 0.05) is 60.0 Å². The number of anilines is 2. The zero-order valence-electron chi connectivity index (χ0n) is 19.1. The Morgan fingerprint density at radius 1 is 1.00 bits per heavy atom. The average molecular weight is 508 g/mol. The predicted octanol–water partition coefficient (Wildman–Crippen LogP) is 5.55. The Bertz CT molecular complexity index is 1340. The summed E-state index contributed by atoms with van der Waals surface area (Å²) in [5.41, 5.74) is 2.63. The number of benzene rings is 3. The third-order valence-electron chi connectivity index (χ3n) is 6.23. The highest BCUT2D eigenvalue weighted by molar-refractivity contribution is 8.04. The minimum atomic E-state index is -0.377. The monoisotopic (exact) mass is 507 g/mol. The Hall–Kier alpha value is -3.29. The van der Waals surface area contributed by atoms with Crippen LogP contribution in [0.5, 0.6) is 0 Å². The van der Waals surface area contributed by atoms with Crippen molar-refractivity contribution in [3.63, 3.8) is 0 Å². The van der Waals surface area contributed by atoms with E-state index in [1.54, 1.807) is 43.5 Å². The topological polar surface area (TPSA) is 43.9 Å². The number of piperazine rings is 1. The van der Waals surface area contributed by atoms with Gasteiger partial charge in [0.15, 0.2) is 0 Å². The molecule has 2 heterocycles. The van der Waals surface area contributed by atoms with E-state index in [2.05, 4.69) is 4.90 Å². The quantitative estimate of drug-likeness (QED) is 0.436. The Morgan fingerprint density at radius 3 is 2.51 bits per heavy atom. The zero-order valence-corrected chi connectivity index (χ0v) is 20.7. The Morgan fingerprint density at radius 2 is 1.77 bits per heavy atom. The van der Waals surface area contributed by atoms with E-state index in [1.165, 1.54) is 22.7 Å². The number of amides is 2. The molecule has 0 bridgehead atoms. The highest BCUT2D eigenvalue weighted by atomic mass is 35.5. The van der Waals surface area contributed by atoms with E-state index in [9.17, 15) is 14.0 Å². The van der Waals surface area contributed by atoms with Gasteiger partial charge in [0.05, 0.1) is 10.6 Å². The number of hydrogen-bond acceptors (Lipinski definition) is 4. The normalized spacial score (nSPS) is 17.1. The van der Waals surface area contributed by atoms with E-state index in [0.717, 1.165) is 23.7 Å². The Balaban J connectivity index is 1.32. The van der Waals surface area contributed by atoms with Gasteiger partial charge in [0.1, 0.15) is 5.82 Å². The molecule has 0 atom stereocenters. The van der Waals surface area contributed by atoms with Crippen molar-refractivity contribution in [2.24, 2.45) is 0 Å². The Kier molecular flexibility index (Phi) is 6.54. The number of rotatable bonds is 3. The molecule has 2 aliphatic rings. The van der Waals surface area contributed by atoms with Crippen molar-refractivity contribution >= 4 is 52.6 Å². The van der Waals surface area contributed by atoms with Crippen molar-refractivity contribution in [2.75, 3.05) is 43.0 Å². The van der Waals surface area contributed by atoms with Crippen LogP contribution in [0.3, 0.4) is 0 Å². The van der Waals surface area contributed by atoms with Crippen LogP contribution in [-0.4, -0.2) is 49.9 Å². The van der Waals surface area contributed by atoms with Gasteiger partial charge >= 0.3 is 0 Å². The van der Waals surface area contributed by atoms with Gasteiger partial charge in [-0.1, -0.05) is 47.6 Å². The van der Waals surface area contributed by atoms with Gasteiger partial charge in [0.25, 0.3) is 11.8 Å². The summed E-state index contributed by atoms with van der Waals surface area (Å²) >= 11 is 7.41. The molecule has 5 rings (SSSR count). The van der Waals surface area contributed by atoms with Crippen molar-refractivity contribution in [3.8, 4) is 0 Å². The number of carbonyl (C=O) groups excluding carboxylic acids is 2. The first-order chi connectivity index (χ1) is 16.9. The van der Waals surface area contributed by atoms with Gasteiger partial charge in [-0.3, -0.25) is 9.59 Å². The fourth-order valence-corrected chi connectivity index (χ4v) is 5.55. The molecule has 2 aliphatic heterocycles. The van der Waals surface area contributed by atoms with Crippen molar-refractivity contribution < 1.29 is 14.0 Å². The molecule has 0 unspecified atom stereocenters. The molecule has 1 saturated heterocycles. The van der Waals surface area contributed by atoms with Crippen LogP contribution in [0.1, 0.15) is 15.9 Å². The van der Waals surface area contributed by atoms with Crippen LogP contribution in [0, 0.1) is 5.82 Å². The molecular formula is C27H23ClFN3O2S. The maximum Gasteiger partial charge on any atom is 0.264 e. The summed E-state index contributed by atoms with van der Waals surface area (Å²) in [4.78, 5) is 33.1.